The van der Waals surface area contributed by atoms with Crippen LogP contribution in [0.3, 0.4) is 0 Å². The third-order valence-corrected chi connectivity index (χ3v) is 2.59. The van der Waals surface area contributed by atoms with Crippen molar-refractivity contribution in [1.29, 1.82) is 5.26 Å². The lowest BCUT2D eigenvalue weighted by Gasteiger charge is -2.26. The molecule has 1 aromatic rings. The van der Waals surface area contributed by atoms with Crippen LogP contribution in [0.1, 0.15) is 25.8 Å². The summed E-state index contributed by atoms with van der Waals surface area (Å²) in [6.07, 6.45) is 0.217. The first-order valence-corrected chi connectivity index (χ1v) is 5.88. The molecule has 0 atom stereocenters. The number of benzene rings is 1. The summed E-state index contributed by atoms with van der Waals surface area (Å²) in [5, 5.41) is 11.2. The highest BCUT2D eigenvalue weighted by atomic mass is 19.1. The summed E-state index contributed by atoms with van der Waals surface area (Å²) in [6, 6.07) is 6.05. The fourth-order valence-corrected chi connectivity index (χ4v) is 1.90. The Hall–Kier alpha value is -2.09. The molecule has 4 nitrogen and oxygen atoms in total. The van der Waals surface area contributed by atoms with Crippen molar-refractivity contribution in [3.63, 3.8) is 0 Å². The Morgan fingerprint density at radius 3 is 2.79 bits per heavy atom. The summed E-state index contributed by atoms with van der Waals surface area (Å²) in [4.78, 5) is 11.4. The summed E-state index contributed by atoms with van der Waals surface area (Å²) >= 11 is 0. The van der Waals surface area contributed by atoms with Crippen molar-refractivity contribution < 1.29 is 13.9 Å². The minimum atomic E-state index is -0.588. The molecule has 0 fully saturated rings. The highest BCUT2D eigenvalue weighted by molar-refractivity contribution is 5.78. The Kier molecular flexibility index (Phi) is 4.87. The van der Waals surface area contributed by atoms with Crippen LogP contribution < -0.4 is 10.1 Å². The lowest BCUT2D eigenvalue weighted by atomic mass is 9.94. The third kappa shape index (κ3) is 4.59. The first kappa shape index (κ1) is 15.0. The van der Waals surface area contributed by atoms with Crippen molar-refractivity contribution in [3.05, 3.63) is 29.6 Å². The van der Waals surface area contributed by atoms with Gasteiger partial charge in [-0.3, -0.25) is 4.79 Å². The van der Waals surface area contributed by atoms with Gasteiger partial charge in [0.1, 0.15) is 18.0 Å². The van der Waals surface area contributed by atoms with Gasteiger partial charge in [-0.25, -0.2) is 4.39 Å². The third-order valence-electron chi connectivity index (χ3n) is 2.59. The maximum atomic E-state index is 13.3. The number of nitriles is 1. The van der Waals surface area contributed by atoms with Crippen LogP contribution in [0.4, 0.5) is 4.39 Å². The van der Waals surface area contributed by atoms with Crippen molar-refractivity contribution in [2.24, 2.45) is 0 Å². The number of ether oxygens (including phenoxy) is 1. The highest BCUT2D eigenvalue weighted by Gasteiger charge is 2.22. The second-order valence-electron chi connectivity index (χ2n) is 4.90. The fraction of sp³-hybridized carbons (Fsp3) is 0.429. The predicted molar refractivity (Wildman–Crippen MR) is 69.1 cm³/mol. The van der Waals surface area contributed by atoms with E-state index < -0.39 is 5.54 Å². The number of nitrogens with zero attached hydrogens (tertiary/aromatic N) is 1. The van der Waals surface area contributed by atoms with Gasteiger partial charge in [0.25, 0.3) is 0 Å². The van der Waals surface area contributed by atoms with Crippen LogP contribution in [-0.4, -0.2) is 18.6 Å². The molecule has 19 heavy (non-hydrogen) atoms. The average Bonchev–Trinajstić information content (AvgIpc) is 2.28. The molecule has 1 N–H and O–H groups in total. The van der Waals surface area contributed by atoms with Gasteiger partial charge in [-0.1, -0.05) is 0 Å². The minimum Gasteiger partial charge on any atom is -0.496 e. The van der Waals surface area contributed by atoms with E-state index in [1.54, 1.807) is 12.1 Å². The van der Waals surface area contributed by atoms with E-state index in [0.717, 1.165) is 0 Å². The zero-order valence-electron chi connectivity index (χ0n) is 11.3. The van der Waals surface area contributed by atoms with E-state index in [0.29, 0.717) is 17.7 Å². The maximum absolute atomic E-state index is 13.3. The number of carbonyl (C=O) groups is 1. The van der Waals surface area contributed by atoms with Crippen LogP contribution in [-0.2, 0) is 11.2 Å². The molecule has 0 radical (unpaired) electrons. The number of carbonyl (C=O) groups excluding carboxylic acids is 1. The number of rotatable bonds is 5. The van der Waals surface area contributed by atoms with E-state index in [2.05, 4.69) is 5.32 Å². The molecule has 0 aliphatic carbocycles. The van der Waals surface area contributed by atoms with Crippen LogP contribution in [0, 0.1) is 17.1 Å². The van der Waals surface area contributed by atoms with Crippen molar-refractivity contribution in [1.82, 2.24) is 5.32 Å². The number of amides is 1. The normalized spacial score (nSPS) is 10.7. The molecule has 102 valence electrons. The zero-order chi connectivity index (χ0) is 14.5. The molecule has 5 heteroatoms. The largest absolute Gasteiger partial charge is 0.496 e. The summed E-state index contributed by atoms with van der Waals surface area (Å²) in [5.41, 5.74) is 0.0828. The lowest BCUT2D eigenvalue weighted by molar-refractivity contribution is -0.121. The maximum Gasteiger partial charge on any atom is 0.234 e. The summed E-state index contributed by atoms with van der Waals surface area (Å²) in [7, 11) is 1.51. The quantitative estimate of drug-likeness (QED) is 0.886. The van der Waals surface area contributed by atoms with Gasteiger partial charge in [-0.2, -0.15) is 5.26 Å². The van der Waals surface area contributed by atoms with Crippen LogP contribution in [0.5, 0.6) is 5.75 Å². The molecular weight excluding hydrogens is 247 g/mol. The van der Waals surface area contributed by atoms with E-state index >= 15 is 0 Å². The molecule has 1 aromatic carbocycles. The molecule has 0 aliphatic rings. The van der Waals surface area contributed by atoms with Gasteiger partial charge in [0.15, 0.2) is 0 Å². The molecule has 0 spiro atoms. The molecule has 0 aromatic heterocycles. The van der Waals surface area contributed by atoms with Gasteiger partial charge >= 0.3 is 0 Å². The van der Waals surface area contributed by atoms with Gasteiger partial charge in [-0.15, -0.1) is 0 Å². The number of methoxy groups -OCH3 is 1. The van der Waals surface area contributed by atoms with E-state index in [-0.39, 0.29) is 18.1 Å². The van der Waals surface area contributed by atoms with Crippen LogP contribution in [0.2, 0.25) is 0 Å². The molecule has 1 amide bonds. The second kappa shape index (κ2) is 6.19. The molecule has 0 saturated heterocycles. The molecule has 0 saturated carbocycles. The van der Waals surface area contributed by atoms with Crippen LogP contribution >= 0.6 is 0 Å². The molecule has 0 heterocycles. The minimum absolute atomic E-state index is 0.191. The Balaban J connectivity index is 2.85. The lowest BCUT2D eigenvalue weighted by Crippen LogP contribution is -2.45. The van der Waals surface area contributed by atoms with E-state index in [1.807, 2.05) is 13.8 Å². The first-order chi connectivity index (χ1) is 8.88. The number of nitrogens with one attached hydrogen (secondary N) is 1. The summed E-state index contributed by atoms with van der Waals surface area (Å²) < 4.78 is 18.4. The summed E-state index contributed by atoms with van der Waals surface area (Å²) in [5.74, 6) is -0.123. The van der Waals surface area contributed by atoms with Crippen molar-refractivity contribution in [2.45, 2.75) is 32.2 Å². The second-order valence-corrected chi connectivity index (χ2v) is 4.90. The SMILES string of the molecule is COc1ccc(F)cc1CC(C)(C)NC(=O)CC#N. The standard InChI is InChI=1S/C14H17FN2O2/c1-14(2,17-13(18)6-7-16)9-10-8-11(15)4-5-12(10)19-3/h4-5,8H,6,9H2,1-3H3,(H,17,18). The first-order valence-electron chi connectivity index (χ1n) is 5.88. The monoisotopic (exact) mass is 264 g/mol. The van der Waals surface area contributed by atoms with Crippen LogP contribution in [0.25, 0.3) is 0 Å². The molecule has 0 unspecified atom stereocenters. The number of halogens is 1. The number of hydrogen-bond donors (Lipinski definition) is 1. The molecule has 0 bridgehead atoms. The van der Waals surface area contributed by atoms with Gasteiger partial charge in [0.05, 0.1) is 13.2 Å². The highest BCUT2D eigenvalue weighted by Crippen LogP contribution is 2.24. The van der Waals surface area contributed by atoms with Crippen molar-refractivity contribution in [3.8, 4) is 11.8 Å². The number of hydrogen-bond acceptors (Lipinski definition) is 3. The van der Waals surface area contributed by atoms with Crippen molar-refractivity contribution >= 4 is 5.91 Å². The topological polar surface area (TPSA) is 62.1 Å². The Labute approximate surface area is 112 Å². The van der Waals surface area contributed by atoms with E-state index in [4.69, 9.17) is 10.00 Å². The van der Waals surface area contributed by atoms with Gasteiger partial charge in [-0.05, 0) is 44.0 Å². The Bertz CT molecular complexity index is 507. The molecule has 1 rings (SSSR count). The zero-order valence-corrected chi connectivity index (χ0v) is 11.3. The smallest absolute Gasteiger partial charge is 0.234 e. The van der Waals surface area contributed by atoms with E-state index in [9.17, 15) is 9.18 Å². The Morgan fingerprint density at radius 2 is 2.21 bits per heavy atom. The fourth-order valence-electron chi connectivity index (χ4n) is 1.90. The van der Waals surface area contributed by atoms with Crippen LogP contribution in [0.15, 0.2) is 18.2 Å². The van der Waals surface area contributed by atoms with Gasteiger partial charge < -0.3 is 10.1 Å². The van der Waals surface area contributed by atoms with Gasteiger partial charge in [0.2, 0.25) is 5.91 Å². The predicted octanol–water partition coefficient (Wildman–Crippen LogP) is 2.19. The van der Waals surface area contributed by atoms with Crippen molar-refractivity contribution in [2.75, 3.05) is 7.11 Å². The summed E-state index contributed by atoms with van der Waals surface area (Å²) in [6.45, 7) is 3.62. The average molecular weight is 264 g/mol. The Morgan fingerprint density at radius 1 is 1.53 bits per heavy atom. The molecule has 0 aliphatic heterocycles. The van der Waals surface area contributed by atoms with E-state index in [1.165, 1.54) is 19.2 Å². The molecular formula is C14H17FN2O2. The van der Waals surface area contributed by atoms with Gasteiger partial charge in [0, 0.05) is 5.54 Å².